The molecule has 0 rings (SSSR count). The van der Waals surface area contributed by atoms with Gasteiger partial charge in [0.25, 0.3) is 0 Å². The maximum atomic E-state index is 12.8. The van der Waals surface area contributed by atoms with E-state index in [1.807, 2.05) is 6.08 Å². The molecule has 0 aliphatic carbocycles. The molecule has 282 valence electrons. The summed E-state index contributed by atoms with van der Waals surface area (Å²) in [7, 11) is 0. The topological polar surface area (TPSA) is 43.4 Å². The second-order valence-electron chi connectivity index (χ2n) is 15.1. The van der Waals surface area contributed by atoms with Gasteiger partial charge in [0.2, 0.25) is 0 Å². The Hall–Kier alpha value is -2.94. The van der Waals surface area contributed by atoms with Crippen molar-refractivity contribution in [1.29, 1.82) is 0 Å². The minimum absolute atomic E-state index is 0.135. The van der Waals surface area contributed by atoms with E-state index in [0.717, 1.165) is 96.3 Å². The number of Topliss-reactive ketones (excluding diaryl/α,β-unsaturated/α-hetero) is 1. The van der Waals surface area contributed by atoms with Crippen molar-refractivity contribution in [1.82, 2.24) is 0 Å². The Kier molecular flexibility index (Phi) is 28.0. The molecule has 1 atom stereocenters. The van der Waals surface area contributed by atoms with E-state index in [9.17, 15) is 9.59 Å². The molecule has 0 aromatic rings. The Bertz CT molecular complexity index is 1240. The molecule has 0 spiro atoms. The van der Waals surface area contributed by atoms with Crippen molar-refractivity contribution in [2.24, 2.45) is 5.92 Å². The quantitative estimate of drug-likeness (QED) is 0.0637. The molecule has 0 fully saturated rings. The average molecular weight is 689 g/mol. The second kappa shape index (κ2) is 29.8. The minimum atomic E-state index is -0.232. The van der Waals surface area contributed by atoms with E-state index < -0.39 is 0 Å². The Labute approximate surface area is 309 Å². The standard InChI is InChI=1S/C47H76O3/c1-37(2)19-12-20-38(3)21-13-26-42(7)31-18-32-45(10)47(49)34-33-43(8)29-16-27-40(5)24-14-22-39(4)23-15-25-41(6)28-17-30-44(9)35-36-50-46(11)48/h19,21,23-24,28-29,31,35,45H,12-18,20,22,25-27,30,32-34,36H2,1-11H3. The lowest BCUT2D eigenvalue weighted by Crippen LogP contribution is -2.10. The molecule has 0 aliphatic rings. The van der Waals surface area contributed by atoms with Gasteiger partial charge in [-0.2, -0.15) is 0 Å². The number of carbonyl (C=O) groups excluding carboxylic acids is 2. The number of rotatable bonds is 27. The summed E-state index contributed by atoms with van der Waals surface area (Å²) >= 11 is 0. The van der Waals surface area contributed by atoms with Gasteiger partial charge in [-0.25, -0.2) is 0 Å². The molecule has 0 saturated heterocycles. The van der Waals surface area contributed by atoms with Crippen molar-refractivity contribution in [3.8, 4) is 0 Å². The summed E-state index contributed by atoms with van der Waals surface area (Å²) in [4.78, 5) is 23.6. The second-order valence-corrected chi connectivity index (χ2v) is 15.1. The van der Waals surface area contributed by atoms with E-state index in [1.54, 1.807) is 0 Å². The van der Waals surface area contributed by atoms with Gasteiger partial charge < -0.3 is 4.74 Å². The van der Waals surface area contributed by atoms with Crippen LogP contribution in [0, 0.1) is 5.92 Å². The number of esters is 1. The third-order valence-corrected chi connectivity index (χ3v) is 9.37. The summed E-state index contributed by atoms with van der Waals surface area (Å²) in [5, 5.41) is 0. The van der Waals surface area contributed by atoms with Crippen LogP contribution in [0.4, 0.5) is 0 Å². The van der Waals surface area contributed by atoms with E-state index in [-0.39, 0.29) is 11.9 Å². The Balaban J connectivity index is 4.26. The van der Waals surface area contributed by atoms with Crippen LogP contribution in [0.15, 0.2) is 93.2 Å². The number of ketones is 1. The van der Waals surface area contributed by atoms with E-state index in [1.165, 1.54) is 51.5 Å². The van der Waals surface area contributed by atoms with Gasteiger partial charge in [0.15, 0.2) is 0 Å². The lowest BCUT2D eigenvalue weighted by molar-refractivity contribution is -0.139. The molecule has 0 aliphatic heterocycles. The Morgan fingerprint density at radius 2 is 0.740 bits per heavy atom. The van der Waals surface area contributed by atoms with E-state index >= 15 is 0 Å². The highest BCUT2D eigenvalue weighted by Crippen LogP contribution is 2.18. The number of ether oxygens (including phenoxy) is 1. The third-order valence-electron chi connectivity index (χ3n) is 9.37. The van der Waals surface area contributed by atoms with Crippen molar-refractivity contribution in [3.05, 3.63) is 93.2 Å². The zero-order valence-electron chi connectivity index (χ0n) is 34.4. The van der Waals surface area contributed by atoms with E-state index in [4.69, 9.17) is 4.74 Å². The molecular weight excluding hydrogens is 613 g/mol. The average Bonchev–Trinajstić information content (AvgIpc) is 3.03. The first kappa shape index (κ1) is 47.1. The Morgan fingerprint density at radius 3 is 1.10 bits per heavy atom. The maximum Gasteiger partial charge on any atom is 0.302 e. The number of carbonyl (C=O) groups is 2. The maximum absolute atomic E-state index is 12.8. The summed E-state index contributed by atoms with van der Waals surface area (Å²) in [6.45, 7) is 23.7. The van der Waals surface area contributed by atoms with Crippen LogP contribution >= 0.6 is 0 Å². The predicted molar refractivity (Wildman–Crippen MR) is 220 cm³/mol. The Morgan fingerprint density at radius 1 is 0.420 bits per heavy atom. The minimum Gasteiger partial charge on any atom is -0.462 e. The molecule has 0 heterocycles. The van der Waals surface area contributed by atoms with Crippen LogP contribution in [0.25, 0.3) is 0 Å². The SMILES string of the molecule is CC(=O)OCC=C(C)CCC=C(C)CCC=C(C)CCC=C(C)CCC=C(C)CCC(=O)C(C)CCC=C(C)CCC=C(C)CCC=C(C)C. The predicted octanol–water partition coefficient (Wildman–Crippen LogP) is 14.6. The fraction of sp³-hybridized carbons (Fsp3) is 0.617. The number of allylic oxidation sites excluding steroid dienone is 15. The molecule has 0 aromatic heterocycles. The first-order valence-corrected chi connectivity index (χ1v) is 19.6. The zero-order chi connectivity index (χ0) is 37.7. The van der Waals surface area contributed by atoms with Gasteiger partial charge in [-0.15, -0.1) is 0 Å². The van der Waals surface area contributed by atoms with Crippen molar-refractivity contribution >= 4 is 11.8 Å². The highest BCUT2D eigenvalue weighted by atomic mass is 16.5. The van der Waals surface area contributed by atoms with Gasteiger partial charge in [-0.1, -0.05) is 94.0 Å². The van der Waals surface area contributed by atoms with E-state index in [2.05, 4.69) is 112 Å². The van der Waals surface area contributed by atoms with Gasteiger partial charge >= 0.3 is 5.97 Å². The highest BCUT2D eigenvalue weighted by molar-refractivity contribution is 5.80. The number of hydrogen-bond acceptors (Lipinski definition) is 3. The summed E-state index contributed by atoms with van der Waals surface area (Å²) in [5.41, 5.74) is 11.3. The van der Waals surface area contributed by atoms with Gasteiger partial charge in [0.05, 0.1) is 0 Å². The molecule has 50 heavy (non-hydrogen) atoms. The number of hydrogen-bond donors (Lipinski definition) is 0. The van der Waals surface area contributed by atoms with Crippen molar-refractivity contribution in [2.45, 2.75) is 179 Å². The third kappa shape index (κ3) is 29.9. The largest absolute Gasteiger partial charge is 0.462 e. The molecule has 0 saturated carbocycles. The van der Waals surface area contributed by atoms with Crippen molar-refractivity contribution in [2.75, 3.05) is 6.61 Å². The van der Waals surface area contributed by atoms with Crippen LogP contribution in [0.5, 0.6) is 0 Å². The van der Waals surface area contributed by atoms with Crippen LogP contribution in [-0.4, -0.2) is 18.4 Å². The summed E-state index contributed by atoms with van der Waals surface area (Å²) in [6, 6.07) is 0. The molecule has 1 unspecified atom stereocenters. The molecular formula is C47H76O3. The molecule has 3 nitrogen and oxygen atoms in total. The lowest BCUT2D eigenvalue weighted by Gasteiger charge is -2.10. The van der Waals surface area contributed by atoms with Crippen molar-refractivity contribution in [3.63, 3.8) is 0 Å². The zero-order valence-corrected chi connectivity index (χ0v) is 34.4. The normalized spacial score (nSPS) is 14.6. The molecule has 0 N–H and O–H groups in total. The van der Waals surface area contributed by atoms with Gasteiger partial charge in [-0.3, -0.25) is 9.59 Å². The van der Waals surface area contributed by atoms with E-state index in [0.29, 0.717) is 18.8 Å². The van der Waals surface area contributed by atoms with Crippen LogP contribution in [-0.2, 0) is 14.3 Å². The fourth-order valence-corrected chi connectivity index (χ4v) is 5.64. The summed E-state index contributed by atoms with van der Waals surface area (Å²) in [5.74, 6) is 0.308. The van der Waals surface area contributed by atoms with Crippen molar-refractivity contribution < 1.29 is 14.3 Å². The molecule has 0 radical (unpaired) electrons. The van der Waals surface area contributed by atoms with Crippen LogP contribution in [0.3, 0.4) is 0 Å². The molecule has 0 aromatic carbocycles. The van der Waals surface area contributed by atoms with Crippen LogP contribution in [0.1, 0.15) is 179 Å². The summed E-state index contributed by atoms with van der Waals surface area (Å²) < 4.78 is 4.98. The first-order valence-electron chi connectivity index (χ1n) is 19.6. The fourth-order valence-electron chi connectivity index (χ4n) is 5.64. The smallest absolute Gasteiger partial charge is 0.302 e. The van der Waals surface area contributed by atoms with Gasteiger partial charge in [0.1, 0.15) is 12.4 Å². The monoisotopic (exact) mass is 689 g/mol. The van der Waals surface area contributed by atoms with Crippen LogP contribution in [0.2, 0.25) is 0 Å². The van der Waals surface area contributed by atoms with Crippen LogP contribution < -0.4 is 0 Å². The lowest BCUT2D eigenvalue weighted by atomic mass is 9.94. The highest BCUT2D eigenvalue weighted by Gasteiger charge is 2.12. The first-order chi connectivity index (χ1) is 23.7. The van der Waals surface area contributed by atoms with Gasteiger partial charge in [-0.05, 0) is 165 Å². The molecule has 0 amide bonds. The van der Waals surface area contributed by atoms with Gasteiger partial charge in [0, 0.05) is 19.3 Å². The molecule has 3 heteroatoms. The summed E-state index contributed by atoms with van der Waals surface area (Å²) in [6.07, 6.45) is 35.1. The molecule has 0 bridgehead atoms.